The maximum absolute atomic E-state index is 12.6. The SMILES string of the molecule is O=C1C=C2Cc3ccc4c5c3C2C2=C1Cc1ccc(c-5c12)C4. The van der Waals surface area contributed by atoms with Crippen molar-refractivity contribution in [3.63, 3.8) is 0 Å². The van der Waals surface area contributed by atoms with Crippen molar-refractivity contribution in [2.24, 2.45) is 0 Å². The highest BCUT2D eigenvalue weighted by Crippen LogP contribution is 2.63. The van der Waals surface area contributed by atoms with Crippen molar-refractivity contribution >= 4 is 11.4 Å². The molecule has 1 unspecified atom stereocenters. The first kappa shape index (κ1) is 10.3. The molecule has 0 saturated carbocycles. The molecule has 102 valence electrons. The van der Waals surface area contributed by atoms with Gasteiger partial charge in [-0.05, 0) is 74.6 Å². The van der Waals surface area contributed by atoms with Crippen LogP contribution in [-0.4, -0.2) is 5.78 Å². The van der Waals surface area contributed by atoms with E-state index in [1.165, 1.54) is 55.7 Å². The van der Waals surface area contributed by atoms with Crippen molar-refractivity contribution < 1.29 is 4.79 Å². The Balaban J connectivity index is 1.79. The van der Waals surface area contributed by atoms with Crippen LogP contribution in [0.1, 0.15) is 39.3 Å². The summed E-state index contributed by atoms with van der Waals surface area (Å²) in [6, 6.07) is 9.20. The predicted molar refractivity (Wildman–Crippen MR) is 84.8 cm³/mol. The topological polar surface area (TPSA) is 17.1 Å². The minimum absolute atomic E-state index is 0.265. The van der Waals surface area contributed by atoms with Crippen LogP contribution < -0.4 is 0 Å². The zero-order valence-electron chi connectivity index (χ0n) is 12.0. The van der Waals surface area contributed by atoms with Crippen molar-refractivity contribution in [1.29, 1.82) is 0 Å². The van der Waals surface area contributed by atoms with Crippen LogP contribution in [0.3, 0.4) is 0 Å². The monoisotopic (exact) mass is 280 g/mol. The third-order valence-electron chi connectivity index (χ3n) is 6.35. The fourth-order valence-electron chi connectivity index (χ4n) is 5.62. The normalized spacial score (nSPS) is 23.5. The zero-order valence-corrected chi connectivity index (χ0v) is 12.0. The zero-order chi connectivity index (χ0) is 14.2. The summed E-state index contributed by atoms with van der Waals surface area (Å²) in [4.78, 5) is 12.6. The van der Waals surface area contributed by atoms with Gasteiger partial charge in [0.15, 0.2) is 5.78 Å². The summed E-state index contributed by atoms with van der Waals surface area (Å²) in [6.45, 7) is 0. The van der Waals surface area contributed by atoms with E-state index in [4.69, 9.17) is 0 Å². The van der Waals surface area contributed by atoms with Crippen LogP contribution in [0.4, 0.5) is 0 Å². The molecule has 22 heavy (non-hydrogen) atoms. The molecule has 5 aliphatic carbocycles. The fourth-order valence-corrected chi connectivity index (χ4v) is 5.62. The number of carbonyl (C=O) groups excluding carboxylic acids is 1. The molecule has 0 N–H and O–H groups in total. The molecule has 5 aliphatic rings. The molecule has 1 heteroatoms. The fraction of sp³-hybridized carbons (Fsp3) is 0.190. The average Bonchev–Trinajstić information content (AvgIpc) is 3.15. The van der Waals surface area contributed by atoms with Gasteiger partial charge in [0.2, 0.25) is 0 Å². The number of hydrogen-bond donors (Lipinski definition) is 0. The predicted octanol–water partition coefficient (Wildman–Crippen LogP) is 3.73. The van der Waals surface area contributed by atoms with Gasteiger partial charge in [-0.1, -0.05) is 24.3 Å². The van der Waals surface area contributed by atoms with Crippen molar-refractivity contribution in [3.05, 3.63) is 74.9 Å². The van der Waals surface area contributed by atoms with Gasteiger partial charge in [0, 0.05) is 17.9 Å². The summed E-state index contributed by atoms with van der Waals surface area (Å²) in [5.74, 6) is 0.653. The molecule has 0 saturated heterocycles. The Morgan fingerprint density at radius 2 is 1.50 bits per heavy atom. The Hall–Kier alpha value is -2.41. The molecule has 1 nitrogen and oxygen atoms in total. The lowest BCUT2D eigenvalue weighted by molar-refractivity contribution is -0.111. The molecule has 2 aromatic carbocycles. The Morgan fingerprint density at radius 1 is 0.773 bits per heavy atom. The van der Waals surface area contributed by atoms with Crippen LogP contribution in [-0.2, 0) is 24.1 Å². The Bertz CT molecular complexity index is 1060. The first-order valence-electron chi connectivity index (χ1n) is 8.09. The van der Waals surface area contributed by atoms with E-state index in [2.05, 4.69) is 24.3 Å². The van der Waals surface area contributed by atoms with Crippen LogP contribution in [0.5, 0.6) is 0 Å². The lowest BCUT2D eigenvalue weighted by Gasteiger charge is -2.30. The number of allylic oxidation sites excluding steroid dienone is 4. The molecule has 0 bridgehead atoms. The lowest BCUT2D eigenvalue weighted by Crippen LogP contribution is -2.15. The van der Waals surface area contributed by atoms with E-state index >= 15 is 0 Å². The molecule has 0 fully saturated rings. The molecule has 2 aromatic rings. The van der Waals surface area contributed by atoms with Gasteiger partial charge in [-0.2, -0.15) is 0 Å². The van der Waals surface area contributed by atoms with Gasteiger partial charge >= 0.3 is 0 Å². The second-order valence-electron chi connectivity index (χ2n) is 7.25. The van der Waals surface area contributed by atoms with E-state index < -0.39 is 0 Å². The molecule has 7 rings (SSSR count). The molecule has 0 aromatic heterocycles. The molecule has 0 amide bonds. The van der Waals surface area contributed by atoms with Crippen molar-refractivity contribution in [3.8, 4) is 11.1 Å². The number of ketones is 1. The first-order chi connectivity index (χ1) is 10.8. The summed E-state index contributed by atoms with van der Waals surface area (Å²) in [7, 11) is 0. The molecule has 0 heterocycles. The van der Waals surface area contributed by atoms with Crippen LogP contribution >= 0.6 is 0 Å². The van der Waals surface area contributed by atoms with Crippen LogP contribution in [0, 0.1) is 0 Å². The van der Waals surface area contributed by atoms with E-state index in [1.54, 1.807) is 0 Å². The highest BCUT2D eigenvalue weighted by atomic mass is 16.1. The number of hydrogen-bond acceptors (Lipinski definition) is 1. The summed E-state index contributed by atoms with van der Waals surface area (Å²) in [5.41, 5.74) is 15.5. The Labute approximate surface area is 128 Å². The van der Waals surface area contributed by atoms with Crippen LogP contribution in [0.25, 0.3) is 16.7 Å². The molecular weight excluding hydrogens is 268 g/mol. The summed E-state index contributed by atoms with van der Waals surface area (Å²) >= 11 is 0. The Kier molecular flexibility index (Phi) is 1.36. The van der Waals surface area contributed by atoms with E-state index in [0.717, 1.165) is 24.8 Å². The molecule has 0 spiro atoms. The van der Waals surface area contributed by atoms with Crippen LogP contribution in [0.2, 0.25) is 0 Å². The second kappa shape index (κ2) is 2.89. The van der Waals surface area contributed by atoms with Crippen LogP contribution in [0.15, 0.2) is 41.5 Å². The van der Waals surface area contributed by atoms with E-state index in [0.29, 0.717) is 5.92 Å². The number of benzene rings is 2. The highest BCUT2D eigenvalue weighted by Gasteiger charge is 2.48. The van der Waals surface area contributed by atoms with Gasteiger partial charge in [-0.15, -0.1) is 0 Å². The van der Waals surface area contributed by atoms with Gasteiger partial charge in [0.05, 0.1) is 0 Å². The molecule has 0 aliphatic heterocycles. The molecule has 1 atom stereocenters. The number of carbonyl (C=O) groups is 1. The smallest absolute Gasteiger partial charge is 0.182 e. The van der Waals surface area contributed by atoms with Gasteiger partial charge in [-0.3, -0.25) is 4.79 Å². The van der Waals surface area contributed by atoms with Gasteiger partial charge in [-0.25, -0.2) is 0 Å². The van der Waals surface area contributed by atoms with Gasteiger partial charge in [0.25, 0.3) is 0 Å². The quantitative estimate of drug-likeness (QED) is 0.613. The minimum Gasteiger partial charge on any atom is -0.290 e. The lowest BCUT2D eigenvalue weighted by atomic mass is 9.72. The highest BCUT2D eigenvalue weighted by molar-refractivity contribution is 6.18. The third-order valence-corrected chi connectivity index (χ3v) is 6.35. The molecular formula is C21H12O. The van der Waals surface area contributed by atoms with E-state index in [9.17, 15) is 4.79 Å². The van der Waals surface area contributed by atoms with Crippen molar-refractivity contribution in [2.75, 3.05) is 0 Å². The Morgan fingerprint density at radius 3 is 2.36 bits per heavy atom. The maximum atomic E-state index is 12.6. The average molecular weight is 280 g/mol. The minimum atomic E-state index is 0.265. The van der Waals surface area contributed by atoms with E-state index in [1.807, 2.05) is 6.08 Å². The largest absolute Gasteiger partial charge is 0.290 e. The van der Waals surface area contributed by atoms with Gasteiger partial charge in [0.1, 0.15) is 0 Å². The van der Waals surface area contributed by atoms with Crippen molar-refractivity contribution in [2.45, 2.75) is 25.2 Å². The van der Waals surface area contributed by atoms with Gasteiger partial charge < -0.3 is 0 Å². The third kappa shape index (κ3) is 0.847. The maximum Gasteiger partial charge on any atom is 0.182 e. The van der Waals surface area contributed by atoms with E-state index in [-0.39, 0.29) is 5.78 Å². The first-order valence-corrected chi connectivity index (χ1v) is 8.09. The molecule has 0 radical (unpaired) electrons. The number of rotatable bonds is 0. The summed E-state index contributed by atoms with van der Waals surface area (Å²) in [6.07, 6.45) is 4.82. The van der Waals surface area contributed by atoms with Crippen molar-refractivity contribution in [1.82, 2.24) is 0 Å². The summed E-state index contributed by atoms with van der Waals surface area (Å²) < 4.78 is 0. The second-order valence-corrected chi connectivity index (χ2v) is 7.25. The summed E-state index contributed by atoms with van der Waals surface area (Å²) in [5, 5.41) is 0. The standard InChI is InChI=1S/C21H12O/c22-15-8-13-6-11-2-1-9-5-10-3-4-12-7-14(15)21-19(12)17(10)16(9)18(11)20(13)21/h1-4,8,20H,5-7H2.